The van der Waals surface area contributed by atoms with E-state index in [0.717, 1.165) is 19.3 Å². The van der Waals surface area contributed by atoms with E-state index < -0.39 is 14.0 Å². The number of halogens is 1. The van der Waals surface area contributed by atoms with Crippen LogP contribution in [0.2, 0.25) is 5.15 Å². The molecule has 1 aliphatic heterocycles. The van der Waals surface area contributed by atoms with E-state index in [0.29, 0.717) is 34.9 Å². The highest BCUT2D eigenvalue weighted by Crippen LogP contribution is 2.34. The summed E-state index contributed by atoms with van der Waals surface area (Å²) in [5.41, 5.74) is 0. The second-order valence-electron chi connectivity index (χ2n) is 6.20. The van der Waals surface area contributed by atoms with Crippen molar-refractivity contribution in [2.75, 3.05) is 13.1 Å². The number of fused-ring (bicyclic) bond motifs is 1. The number of quaternary nitrogens is 1. The molecule has 2 atom stereocenters. The number of aromatic nitrogens is 1. The molecule has 5 nitrogen and oxygen atoms in total. The molecule has 0 saturated carbocycles. The Morgan fingerprint density at radius 3 is 2.87 bits per heavy atom. The van der Waals surface area contributed by atoms with E-state index in [1.54, 1.807) is 24.3 Å². The quantitative estimate of drug-likeness (QED) is 0.522. The predicted molar refractivity (Wildman–Crippen MR) is 91.1 cm³/mol. The Bertz CT molecular complexity index is 840. The van der Waals surface area contributed by atoms with Crippen molar-refractivity contribution in [3.05, 3.63) is 35.6 Å². The summed E-state index contributed by atoms with van der Waals surface area (Å²) in [5.74, 6) is 6.70. The van der Waals surface area contributed by atoms with Crippen molar-refractivity contribution >= 4 is 32.4 Å². The fraction of sp³-hybridized carbons (Fsp3) is 0.438. The first-order chi connectivity index (χ1) is 10.9. The molecular formula is C16H21ClN3O2S+. The van der Waals surface area contributed by atoms with Crippen molar-refractivity contribution in [3.63, 3.8) is 0 Å². The Balaban J connectivity index is 2.15. The SMILES string of the molecule is CCC1CCC[N+](N)(S(=O)(=O)c2cccc3c(Cl)nccc23)C1. The van der Waals surface area contributed by atoms with Crippen LogP contribution in [0.4, 0.5) is 0 Å². The Hall–Kier alpha value is -1.21. The lowest BCUT2D eigenvalue weighted by Crippen LogP contribution is -2.62. The molecule has 0 amide bonds. The van der Waals surface area contributed by atoms with Crippen LogP contribution in [-0.4, -0.2) is 30.5 Å². The van der Waals surface area contributed by atoms with Crippen molar-refractivity contribution in [2.45, 2.75) is 31.1 Å². The van der Waals surface area contributed by atoms with E-state index in [1.165, 1.54) is 6.20 Å². The highest BCUT2D eigenvalue weighted by atomic mass is 35.5. The summed E-state index contributed by atoms with van der Waals surface area (Å²) in [6.45, 7) is 2.97. The van der Waals surface area contributed by atoms with Gasteiger partial charge >= 0.3 is 10.0 Å². The van der Waals surface area contributed by atoms with Crippen LogP contribution in [0.25, 0.3) is 10.8 Å². The summed E-state index contributed by atoms with van der Waals surface area (Å²) in [7, 11) is -3.72. The molecule has 0 aliphatic carbocycles. The van der Waals surface area contributed by atoms with Gasteiger partial charge in [0.1, 0.15) is 23.1 Å². The molecule has 2 N–H and O–H groups in total. The van der Waals surface area contributed by atoms with E-state index in [2.05, 4.69) is 11.9 Å². The molecule has 1 aromatic carbocycles. The minimum absolute atomic E-state index is 0.235. The molecule has 3 rings (SSSR count). The van der Waals surface area contributed by atoms with E-state index in [-0.39, 0.29) is 4.90 Å². The van der Waals surface area contributed by atoms with Gasteiger partial charge in [0, 0.05) is 29.3 Å². The lowest BCUT2D eigenvalue weighted by atomic mass is 9.97. The number of hydrogen-bond donors (Lipinski definition) is 1. The zero-order valence-corrected chi connectivity index (χ0v) is 14.6. The third-order valence-electron chi connectivity index (χ3n) is 4.77. The molecule has 0 bridgehead atoms. The molecule has 1 saturated heterocycles. The van der Waals surface area contributed by atoms with Gasteiger partial charge in [-0.15, -0.1) is 4.00 Å². The first-order valence-corrected chi connectivity index (χ1v) is 9.65. The van der Waals surface area contributed by atoms with Crippen molar-refractivity contribution in [2.24, 2.45) is 11.8 Å². The Morgan fingerprint density at radius 1 is 1.35 bits per heavy atom. The van der Waals surface area contributed by atoms with Gasteiger partial charge in [-0.25, -0.2) is 4.98 Å². The second kappa shape index (κ2) is 6.02. The van der Waals surface area contributed by atoms with Gasteiger partial charge in [0.15, 0.2) is 0 Å². The highest BCUT2D eigenvalue weighted by Gasteiger charge is 2.45. The third-order valence-corrected chi connectivity index (χ3v) is 7.27. The second-order valence-corrected chi connectivity index (χ2v) is 8.68. The van der Waals surface area contributed by atoms with Gasteiger partial charge in [0.2, 0.25) is 0 Å². The lowest BCUT2D eigenvalue weighted by molar-refractivity contribution is -0.828. The molecule has 1 aromatic heterocycles. The first-order valence-electron chi connectivity index (χ1n) is 7.83. The maximum atomic E-state index is 13.3. The average Bonchev–Trinajstić information content (AvgIpc) is 2.54. The molecule has 23 heavy (non-hydrogen) atoms. The minimum atomic E-state index is -3.72. The zero-order chi connectivity index (χ0) is 16.7. The number of pyridine rings is 1. The standard InChI is InChI=1S/C16H21ClN3O2S/c1-2-12-5-4-10-20(18,11-12)23(21,22)15-7-3-6-14-13(15)8-9-19-16(14)17/h3,6-9,12H,2,4-5,10-11,18H2,1H3/q+1. The summed E-state index contributed by atoms with van der Waals surface area (Å²) in [6, 6.07) is 6.75. The van der Waals surface area contributed by atoms with E-state index >= 15 is 0 Å². The number of rotatable bonds is 3. The highest BCUT2D eigenvalue weighted by molar-refractivity contribution is 7.86. The largest absolute Gasteiger partial charge is 0.345 e. The number of sulfonamides is 1. The molecule has 2 aromatic rings. The Morgan fingerprint density at radius 2 is 2.13 bits per heavy atom. The molecule has 1 aliphatic rings. The monoisotopic (exact) mass is 354 g/mol. The van der Waals surface area contributed by atoms with Gasteiger partial charge in [-0.05, 0) is 25.0 Å². The Kier molecular flexibility index (Phi) is 4.35. The van der Waals surface area contributed by atoms with Gasteiger partial charge in [-0.1, -0.05) is 30.7 Å². The van der Waals surface area contributed by atoms with E-state index in [4.69, 9.17) is 17.4 Å². The number of nitrogens with two attached hydrogens (primary N) is 1. The van der Waals surface area contributed by atoms with Gasteiger partial charge in [-0.2, -0.15) is 14.3 Å². The first kappa shape index (κ1) is 16.6. The summed E-state index contributed by atoms with van der Waals surface area (Å²) >= 11 is 6.10. The predicted octanol–water partition coefficient (Wildman–Crippen LogP) is 3.09. The molecule has 2 heterocycles. The minimum Gasteiger partial charge on any atom is -0.244 e. The maximum absolute atomic E-state index is 13.3. The molecular weight excluding hydrogens is 334 g/mol. The van der Waals surface area contributed by atoms with Crippen molar-refractivity contribution < 1.29 is 12.4 Å². The van der Waals surface area contributed by atoms with Gasteiger partial charge < -0.3 is 0 Å². The summed E-state index contributed by atoms with van der Waals surface area (Å²) in [4.78, 5) is 4.25. The van der Waals surface area contributed by atoms with Crippen LogP contribution < -0.4 is 5.84 Å². The molecule has 0 spiro atoms. The summed E-state index contributed by atoms with van der Waals surface area (Å²) < 4.78 is 26.1. The maximum Gasteiger partial charge on any atom is 0.345 e. The van der Waals surface area contributed by atoms with Crippen LogP contribution in [0.1, 0.15) is 26.2 Å². The number of benzene rings is 1. The summed E-state index contributed by atoms with van der Waals surface area (Å²) in [5, 5.41) is 1.51. The molecule has 1 fully saturated rings. The number of hydrogen-bond acceptors (Lipinski definition) is 4. The molecule has 0 radical (unpaired) electrons. The third kappa shape index (κ3) is 2.74. The van der Waals surface area contributed by atoms with Crippen LogP contribution in [0.3, 0.4) is 0 Å². The molecule has 2 unspecified atom stereocenters. The number of nitrogens with zero attached hydrogens (tertiary/aromatic N) is 2. The Labute approximate surface area is 141 Å². The topological polar surface area (TPSA) is 73.1 Å². The lowest BCUT2D eigenvalue weighted by Gasteiger charge is -2.38. The van der Waals surface area contributed by atoms with E-state index in [9.17, 15) is 8.42 Å². The fourth-order valence-electron chi connectivity index (χ4n) is 3.38. The van der Waals surface area contributed by atoms with Crippen LogP contribution in [0.15, 0.2) is 35.4 Å². The van der Waals surface area contributed by atoms with Crippen molar-refractivity contribution in [1.82, 2.24) is 4.98 Å². The van der Waals surface area contributed by atoms with Gasteiger partial charge in [0.25, 0.3) is 0 Å². The van der Waals surface area contributed by atoms with Crippen LogP contribution in [0, 0.1) is 5.92 Å². The normalized spacial score (nSPS) is 25.6. The molecule has 7 heteroatoms. The van der Waals surface area contributed by atoms with Crippen molar-refractivity contribution in [1.29, 1.82) is 0 Å². The van der Waals surface area contributed by atoms with Crippen LogP contribution in [-0.2, 0) is 10.0 Å². The average molecular weight is 355 g/mol. The summed E-state index contributed by atoms with van der Waals surface area (Å²) in [6.07, 6.45) is 4.32. The van der Waals surface area contributed by atoms with E-state index in [1.807, 2.05) is 0 Å². The fourth-order valence-corrected chi connectivity index (χ4v) is 5.48. The zero-order valence-electron chi connectivity index (χ0n) is 13.1. The van der Waals surface area contributed by atoms with Crippen molar-refractivity contribution in [3.8, 4) is 0 Å². The van der Waals surface area contributed by atoms with Gasteiger partial charge in [0.05, 0.1) is 0 Å². The smallest absolute Gasteiger partial charge is 0.244 e. The molecule has 124 valence electrons. The van der Waals surface area contributed by atoms with Crippen LogP contribution >= 0.6 is 11.6 Å². The van der Waals surface area contributed by atoms with Gasteiger partial charge in [-0.3, -0.25) is 0 Å². The number of piperidine rings is 1. The van der Waals surface area contributed by atoms with Crippen LogP contribution in [0.5, 0.6) is 0 Å².